The molecule has 148 valence electrons. The van der Waals surface area contributed by atoms with Gasteiger partial charge in [0.2, 0.25) is 5.91 Å². The van der Waals surface area contributed by atoms with Crippen molar-refractivity contribution in [2.75, 3.05) is 6.54 Å². The summed E-state index contributed by atoms with van der Waals surface area (Å²) in [5.74, 6) is 1.24. The monoisotopic (exact) mass is 386 g/mol. The molecule has 0 unspecified atom stereocenters. The molecule has 1 aliphatic rings. The fourth-order valence-electron chi connectivity index (χ4n) is 3.42. The number of rotatable bonds is 6. The van der Waals surface area contributed by atoms with E-state index in [2.05, 4.69) is 20.8 Å². The van der Waals surface area contributed by atoms with Crippen LogP contribution < -0.4 is 15.4 Å². The molecule has 2 aromatic heterocycles. The van der Waals surface area contributed by atoms with Crippen LogP contribution in [0.15, 0.2) is 28.8 Å². The lowest BCUT2D eigenvalue weighted by atomic mass is 10.1. The Bertz CT molecular complexity index is 997. The average molecular weight is 386 g/mol. The summed E-state index contributed by atoms with van der Waals surface area (Å²) in [6.07, 6.45) is -0.727. The highest BCUT2D eigenvalue weighted by molar-refractivity contribution is 5.84. The number of alkyl halides is 1. The second-order valence-electron chi connectivity index (χ2n) is 7.23. The summed E-state index contributed by atoms with van der Waals surface area (Å²) in [7, 11) is 0. The Morgan fingerprint density at radius 3 is 2.93 bits per heavy atom. The van der Waals surface area contributed by atoms with Crippen LogP contribution in [0, 0.1) is 13.8 Å². The highest BCUT2D eigenvalue weighted by Gasteiger charge is 2.28. The fraction of sp³-hybridized carbons (Fsp3) is 0.400. The van der Waals surface area contributed by atoms with Crippen LogP contribution in [-0.4, -0.2) is 34.8 Å². The van der Waals surface area contributed by atoms with Crippen LogP contribution in [0.2, 0.25) is 0 Å². The molecule has 1 amide bonds. The van der Waals surface area contributed by atoms with Gasteiger partial charge in [-0.15, -0.1) is 0 Å². The predicted octanol–water partition coefficient (Wildman–Crippen LogP) is 2.67. The van der Waals surface area contributed by atoms with Gasteiger partial charge in [-0.2, -0.15) is 0 Å². The molecule has 2 atom stereocenters. The molecule has 1 aliphatic heterocycles. The fourth-order valence-corrected chi connectivity index (χ4v) is 3.42. The van der Waals surface area contributed by atoms with Crippen molar-refractivity contribution in [3.63, 3.8) is 0 Å². The lowest BCUT2D eigenvalue weighted by Gasteiger charge is -2.09. The summed E-state index contributed by atoms with van der Waals surface area (Å²) in [5, 5.41) is 10.6. The molecule has 7 nitrogen and oxygen atoms in total. The third-order valence-corrected chi connectivity index (χ3v) is 4.87. The number of benzene rings is 1. The predicted molar refractivity (Wildman–Crippen MR) is 102 cm³/mol. The third-order valence-electron chi connectivity index (χ3n) is 4.87. The van der Waals surface area contributed by atoms with Gasteiger partial charge < -0.3 is 24.9 Å². The van der Waals surface area contributed by atoms with Gasteiger partial charge in [0.1, 0.15) is 18.5 Å². The number of ether oxygens (including phenoxy) is 1. The summed E-state index contributed by atoms with van der Waals surface area (Å²) in [4.78, 5) is 15.4. The maximum Gasteiger partial charge on any atom is 0.237 e. The minimum atomic E-state index is -0.953. The Morgan fingerprint density at radius 2 is 2.21 bits per heavy atom. The summed E-state index contributed by atoms with van der Waals surface area (Å²) < 4.78 is 24.2. The van der Waals surface area contributed by atoms with Crippen molar-refractivity contribution in [3.8, 4) is 5.75 Å². The number of hydrogen-bond donors (Lipinski definition) is 3. The summed E-state index contributed by atoms with van der Waals surface area (Å²) in [6, 6.07) is 7.34. The number of amides is 1. The zero-order valence-corrected chi connectivity index (χ0v) is 15.8. The molecule has 0 saturated carbocycles. The largest absolute Gasteiger partial charge is 0.485 e. The third kappa shape index (κ3) is 4.01. The standard InChI is InChI=1S/C20H23FN4O3/c1-11-3-13-5-15(9-23-20(26)18-6-14(21)8-22-18)24-17(13)7-19(11)27-10-16-4-12(2)25-28-16/h3-5,7,14,18,22,24H,6,8-10H2,1-2H3,(H,23,26)/t14-,18+/m1/s1. The number of nitrogens with one attached hydrogen (secondary N) is 3. The molecular formula is C20H23FN4O3. The van der Waals surface area contributed by atoms with Crippen molar-refractivity contribution in [1.82, 2.24) is 20.8 Å². The van der Waals surface area contributed by atoms with Crippen molar-refractivity contribution >= 4 is 16.8 Å². The number of nitrogens with zero attached hydrogens (tertiary/aromatic N) is 1. The number of aromatic nitrogens is 2. The van der Waals surface area contributed by atoms with E-state index in [1.165, 1.54) is 0 Å². The molecule has 3 heterocycles. The van der Waals surface area contributed by atoms with Crippen LogP contribution in [-0.2, 0) is 17.9 Å². The number of hydrogen-bond acceptors (Lipinski definition) is 5. The van der Waals surface area contributed by atoms with Crippen molar-refractivity contribution in [3.05, 3.63) is 47.0 Å². The molecule has 0 bridgehead atoms. The summed E-state index contributed by atoms with van der Waals surface area (Å²) in [5.41, 5.74) is 3.61. The van der Waals surface area contributed by atoms with Crippen molar-refractivity contribution in [2.24, 2.45) is 0 Å². The molecule has 0 aliphatic carbocycles. The normalized spacial score (nSPS) is 19.2. The van der Waals surface area contributed by atoms with E-state index in [1.54, 1.807) is 0 Å². The maximum atomic E-state index is 13.2. The highest BCUT2D eigenvalue weighted by Crippen LogP contribution is 2.27. The number of carbonyl (C=O) groups excluding carboxylic acids is 1. The summed E-state index contributed by atoms with van der Waals surface area (Å²) >= 11 is 0. The molecule has 8 heteroatoms. The van der Waals surface area contributed by atoms with Gasteiger partial charge in [-0.3, -0.25) is 4.79 Å². The first-order chi connectivity index (χ1) is 13.5. The van der Waals surface area contributed by atoms with Gasteiger partial charge in [0, 0.05) is 41.7 Å². The quantitative estimate of drug-likeness (QED) is 0.606. The van der Waals surface area contributed by atoms with Crippen molar-refractivity contribution in [1.29, 1.82) is 0 Å². The average Bonchev–Trinajstić information content (AvgIpc) is 3.37. The molecular weight excluding hydrogens is 363 g/mol. The Kier molecular flexibility index (Phi) is 5.04. The van der Waals surface area contributed by atoms with E-state index in [1.807, 2.05) is 38.1 Å². The van der Waals surface area contributed by atoms with Crippen LogP contribution in [0.1, 0.15) is 29.1 Å². The van der Waals surface area contributed by atoms with E-state index in [4.69, 9.17) is 9.26 Å². The van der Waals surface area contributed by atoms with Gasteiger partial charge in [-0.1, -0.05) is 5.16 Å². The van der Waals surface area contributed by atoms with Gasteiger partial charge in [-0.25, -0.2) is 4.39 Å². The van der Waals surface area contributed by atoms with Gasteiger partial charge >= 0.3 is 0 Å². The van der Waals surface area contributed by atoms with Gasteiger partial charge in [0.05, 0.1) is 18.3 Å². The number of aromatic amines is 1. The second-order valence-corrected chi connectivity index (χ2v) is 7.23. The van der Waals surface area contributed by atoms with E-state index in [9.17, 15) is 9.18 Å². The van der Waals surface area contributed by atoms with E-state index >= 15 is 0 Å². The Hall–Kier alpha value is -2.87. The van der Waals surface area contributed by atoms with Crippen LogP contribution in [0.3, 0.4) is 0 Å². The maximum absolute atomic E-state index is 13.2. The first-order valence-corrected chi connectivity index (χ1v) is 9.30. The van der Waals surface area contributed by atoms with Crippen molar-refractivity contribution in [2.45, 2.75) is 45.6 Å². The van der Waals surface area contributed by atoms with E-state index < -0.39 is 12.2 Å². The van der Waals surface area contributed by atoms with E-state index in [0.29, 0.717) is 18.9 Å². The second kappa shape index (κ2) is 7.63. The zero-order chi connectivity index (χ0) is 19.7. The molecule has 1 fully saturated rings. The van der Waals surface area contributed by atoms with Gasteiger partial charge in [-0.05, 0) is 31.5 Å². The van der Waals surface area contributed by atoms with Crippen LogP contribution >= 0.6 is 0 Å². The molecule has 0 radical (unpaired) electrons. The molecule has 4 rings (SSSR count). The SMILES string of the molecule is Cc1cc(COc2cc3[nH]c(CNC(=O)[C@@H]4C[C@@H](F)CN4)cc3cc2C)on1. The number of aryl methyl sites for hydroxylation is 2. The number of fused-ring (bicyclic) bond motifs is 1. The van der Waals surface area contributed by atoms with E-state index in [-0.39, 0.29) is 18.9 Å². The lowest BCUT2D eigenvalue weighted by molar-refractivity contribution is -0.123. The smallest absolute Gasteiger partial charge is 0.237 e. The van der Waals surface area contributed by atoms with E-state index in [0.717, 1.165) is 33.6 Å². The van der Waals surface area contributed by atoms with Gasteiger partial charge in [0.15, 0.2) is 5.76 Å². The molecule has 1 aromatic carbocycles. The lowest BCUT2D eigenvalue weighted by Crippen LogP contribution is -2.40. The van der Waals surface area contributed by atoms with Crippen LogP contribution in [0.5, 0.6) is 5.75 Å². The first kappa shape index (κ1) is 18.5. The van der Waals surface area contributed by atoms with Crippen LogP contribution in [0.4, 0.5) is 4.39 Å². The molecule has 28 heavy (non-hydrogen) atoms. The minimum Gasteiger partial charge on any atom is -0.485 e. The molecule has 3 N–H and O–H groups in total. The van der Waals surface area contributed by atoms with Gasteiger partial charge in [0.25, 0.3) is 0 Å². The molecule has 1 saturated heterocycles. The zero-order valence-electron chi connectivity index (χ0n) is 15.8. The Morgan fingerprint density at radius 1 is 1.36 bits per heavy atom. The Labute approximate surface area is 161 Å². The molecule has 3 aromatic rings. The Balaban J connectivity index is 1.41. The molecule has 0 spiro atoms. The highest BCUT2D eigenvalue weighted by atomic mass is 19.1. The van der Waals surface area contributed by atoms with Crippen LogP contribution in [0.25, 0.3) is 10.9 Å². The topological polar surface area (TPSA) is 92.2 Å². The number of halogens is 1. The summed E-state index contributed by atoms with van der Waals surface area (Å²) in [6.45, 7) is 4.74. The first-order valence-electron chi connectivity index (χ1n) is 9.30. The minimum absolute atomic E-state index is 0.179. The van der Waals surface area contributed by atoms with Crippen molar-refractivity contribution < 1.29 is 18.4 Å². The number of carbonyl (C=O) groups is 1. The number of H-pyrrole nitrogens is 1.